The Morgan fingerprint density at radius 3 is 1.18 bits per heavy atom. The highest BCUT2D eigenvalue weighted by atomic mass is 16.6. The minimum absolute atomic E-state index is 0.154. The van der Waals surface area contributed by atoms with Gasteiger partial charge in [0.15, 0.2) is 0 Å². The molecule has 1 aromatic rings. The maximum atomic E-state index is 11.5. The van der Waals surface area contributed by atoms with Gasteiger partial charge in [-0.2, -0.15) is 0 Å². The third-order valence-corrected chi connectivity index (χ3v) is 6.48. The molecule has 0 bridgehead atoms. The fraction of sp³-hybridized carbons (Fsp3) is 0.800. The molecule has 14 heteroatoms. The molecule has 2 N–H and O–H groups in total. The van der Waals surface area contributed by atoms with Crippen molar-refractivity contribution in [3.63, 3.8) is 0 Å². The van der Waals surface area contributed by atoms with Crippen molar-refractivity contribution in [3.05, 3.63) is 24.3 Å². The second kappa shape index (κ2) is 37.2. The molecule has 14 nitrogen and oxygen atoms in total. The monoisotopic (exact) mass is 705 g/mol. The topological polar surface area (TPSA) is 154 Å². The molecule has 0 fully saturated rings. The lowest BCUT2D eigenvalue weighted by molar-refractivity contribution is -0.145. The summed E-state index contributed by atoms with van der Waals surface area (Å²) in [5.74, 6) is 0.512. The third-order valence-electron chi connectivity index (χ3n) is 6.48. The Kier molecular flexibility index (Phi) is 34.1. The lowest BCUT2D eigenvalue weighted by atomic mass is 10.2. The molecule has 0 aliphatic carbocycles. The van der Waals surface area contributed by atoms with E-state index in [1.165, 1.54) is 0 Å². The molecule has 0 spiro atoms. The van der Waals surface area contributed by atoms with Crippen LogP contribution in [0.4, 0.5) is 5.69 Å². The number of rotatable bonds is 39. The summed E-state index contributed by atoms with van der Waals surface area (Å²) in [6.07, 6.45) is 4.75. The van der Waals surface area contributed by atoms with Crippen LogP contribution in [0.2, 0.25) is 0 Å². The number of hydrogen-bond acceptors (Lipinski definition) is 14. The smallest absolute Gasteiger partial charge is 0.305 e. The number of carbonyl (C=O) groups is 1. The Morgan fingerprint density at radius 2 is 0.816 bits per heavy atom. The van der Waals surface area contributed by atoms with E-state index < -0.39 is 0 Å². The molecule has 0 unspecified atom stereocenters. The summed E-state index contributed by atoms with van der Waals surface area (Å²) in [7, 11) is 0. The number of nitrogen functional groups attached to an aromatic ring is 1. The number of esters is 1. The van der Waals surface area contributed by atoms with E-state index in [9.17, 15) is 4.79 Å². The highest BCUT2D eigenvalue weighted by Gasteiger charge is 2.02. The lowest BCUT2D eigenvalue weighted by Crippen LogP contribution is -2.15. The molecule has 0 aliphatic rings. The number of ether oxygens (including phenoxy) is 12. The first-order valence-electron chi connectivity index (χ1n) is 17.6. The van der Waals surface area contributed by atoms with Crippen molar-refractivity contribution in [3.8, 4) is 5.75 Å². The van der Waals surface area contributed by atoms with Crippen molar-refractivity contribution in [2.75, 3.05) is 151 Å². The summed E-state index contributed by atoms with van der Waals surface area (Å²) >= 11 is 0. The van der Waals surface area contributed by atoms with E-state index in [1.54, 1.807) is 6.07 Å². The highest BCUT2D eigenvalue weighted by molar-refractivity contribution is 5.69. The SMILES string of the molecule is CCCCCCC(=O)OCCOCCOCCOCCOCCOCCOCCOCCOCCOCCOCCOc1ccccc1N. The molecule has 0 radical (unpaired) electrons. The standard InChI is InChI=1S/C35H63NO13/c1-2-3-4-5-10-35(37)49-32-30-47-28-26-45-24-22-43-20-18-41-16-14-39-12-11-38-13-15-40-17-19-42-21-23-44-25-27-46-29-31-48-34-9-7-6-8-33(34)36/h6-9H,2-5,10-32,36H2,1H3. The quantitative estimate of drug-likeness (QED) is 0.0605. The van der Waals surface area contributed by atoms with Gasteiger partial charge in [0, 0.05) is 6.42 Å². The first kappa shape index (κ1) is 44.9. The number of para-hydroxylation sites is 2. The summed E-state index contributed by atoms with van der Waals surface area (Å²) in [6, 6.07) is 7.37. The zero-order chi connectivity index (χ0) is 35.1. The van der Waals surface area contributed by atoms with Crippen LogP contribution >= 0.6 is 0 Å². The molecule has 1 aromatic carbocycles. The van der Waals surface area contributed by atoms with Gasteiger partial charge in [-0.15, -0.1) is 0 Å². The number of nitrogens with two attached hydrogens (primary N) is 1. The molecule has 0 saturated heterocycles. The molecule has 0 aliphatic heterocycles. The Balaban J connectivity index is 1.64. The number of unbranched alkanes of at least 4 members (excludes halogenated alkanes) is 3. The van der Waals surface area contributed by atoms with Crippen molar-refractivity contribution in [2.45, 2.75) is 39.0 Å². The molecular formula is C35H63NO13. The maximum absolute atomic E-state index is 11.5. The highest BCUT2D eigenvalue weighted by Crippen LogP contribution is 2.19. The Labute approximate surface area is 293 Å². The van der Waals surface area contributed by atoms with Crippen LogP contribution in [0.15, 0.2) is 24.3 Å². The van der Waals surface area contributed by atoms with Crippen LogP contribution in [-0.4, -0.2) is 151 Å². The number of hydrogen-bond donors (Lipinski definition) is 1. The van der Waals surface area contributed by atoms with E-state index in [-0.39, 0.29) is 12.6 Å². The molecular weight excluding hydrogens is 642 g/mol. The first-order valence-corrected chi connectivity index (χ1v) is 17.6. The van der Waals surface area contributed by atoms with Gasteiger partial charge >= 0.3 is 5.97 Å². The fourth-order valence-electron chi connectivity index (χ4n) is 3.89. The van der Waals surface area contributed by atoms with Gasteiger partial charge in [-0.05, 0) is 18.6 Å². The van der Waals surface area contributed by atoms with Crippen LogP contribution in [0.5, 0.6) is 5.75 Å². The maximum Gasteiger partial charge on any atom is 0.305 e. The van der Waals surface area contributed by atoms with Crippen LogP contribution in [0, 0.1) is 0 Å². The lowest BCUT2D eigenvalue weighted by Gasteiger charge is -2.10. The van der Waals surface area contributed by atoms with Crippen LogP contribution < -0.4 is 10.5 Å². The van der Waals surface area contributed by atoms with Gasteiger partial charge in [-0.1, -0.05) is 38.3 Å². The van der Waals surface area contributed by atoms with Gasteiger partial charge in [0.2, 0.25) is 0 Å². The van der Waals surface area contributed by atoms with Crippen LogP contribution in [0.1, 0.15) is 39.0 Å². The van der Waals surface area contributed by atoms with E-state index in [1.807, 2.05) is 18.2 Å². The molecule has 0 heterocycles. The molecule has 0 aromatic heterocycles. The van der Waals surface area contributed by atoms with Gasteiger partial charge in [0.05, 0.1) is 138 Å². The summed E-state index contributed by atoms with van der Waals surface area (Å²) in [5, 5.41) is 0. The molecule has 1 rings (SSSR count). The number of carbonyl (C=O) groups excluding carboxylic acids is 1. The fourth-order valence-corrected chi connectivity index (χ4v) is 3.89. The van der Waals surface area contributed by atoms with Crippen molar-refractivity contribution in [2.24, 2.45) is 0 Å². The summed E-state index contributed by atoms with van der Waals surface area (Å²) in [6.45, 7) is 12.5. The Morgan fingerprint density at radius 1 is 0.469 bits per heavy atom. The molecule has 286 valence electrons. The largest absolute Gasteiger partial charge is 0.489 e. The van der Waals surface area contributed by atoms with Crippen molar-refractivity contribution >= 4 is 11.7 Å². The second-order valence-electron chi connectivity index (χ2n) is 10.5. The Bertz CT molecular complexity index is 836. The molecule has 0 amide bonds. The molecule has 0 atom stereocenters. The predicted molar refractivity (Wildman–Crippen MR) is 184 cm³/mol. The zero-order valence-electron chi connectivity index (χ0n) is 29.8. The number of benzene rings is 1. The summed E-state index contributed by atoms with van der Waals surface area (Å²) in [5.41, 5.74) is 6.43. The normalized spacial score (nSPS) is 11.3. The minimum atomic E-state index is -0.154. The summed E-state index contributed by atoms with van der Waals surface area (Å²) < 4.78 is 65.4. The van der Waals surface area contributed by atoms with Crippen LogP contribution in [0.25, 0.3) is 0 Å². The predicted octanol–water partition coefficient (Wildman–Crippen LogP) is 3.33. The first-order chi connectivity index (χ1) is 24.2. The zero-order valence-corrected chi connectivity index (χ0v) is 29.8. The average Bonchev–Trinajstić information content (AvgIpc) is 3.11. The van der Waals surface area contributed by atoms with E-state index in [0.717, 1.165) is 25.7 Å². The summed E-state index contributed by atoms with van der Waals surface area (Å²) in [4.78, 5) is 11.5. The average molecular weight is 706 g/mol. The van der Waals surface area contributed by atoms with Gasteiger partial charge in [0.1, 0.15) is 19.0 Å². The molecule has 0 saturated carbocycles. The van der Waals surface area contributed by atoms with Crippen LogP contribution in [0.3, 0.4) is 0 Å². The van der Waals surface area contributed by atoms with E-state index in [4.69, 9.17) is 62.6 Å². The number of anilines is 1. The van der Waals surface area contributed by atoms with E-state index in [0.29, 0.717) is 157 Å². The van der Waals surface area contributed by atoms with Gasteiger partial charge in [-0.3, -0.25) is 4.79 Å². The molecule has 49 heavy (non-hydrogen) atoms. The van der Waals surface area contributed by atoms with Crippen LogP contribution in [-0.2, 0) is 56.9 Å². The second-order valence-corrected chi connectivity index (χ2v) is 10.5. The van der Waals surface area contributed by atoms with Gasteiger partial charge < -0.3 is 62.6 Å². The van der Waals surface area contributed by atoms with Gasteiger partial charge in [-0.25, -0.2) is 0 Å². The van der Waals surface area contributed by atoms with E-state index in [2.05, 4.69) is 6.92 Å². The Hall–Kier alpha value is -2.11. The van der Waals surface area contributed by atoms with E-state index >= 15 is 0 Å². The minimum Gasteiger partial charge on any atom is -0.489 e. The van der Waals surface area contributed by atoms with Gasteiger partial charge in [0.25, 0.3) is 0 Å². The van der Waals surface area contributed by atoms with Crippen molar-refractivity contribution in [1.29, 1.82) is 0 Å². The third kappa shape index (κ3) is 32.8. The van der Waals surface area contributed by atoms with Crippen molar-refractivity contribution < 1.29 is 61.6 Å². The van der Waals surface area contributed by atoms with Crippen molar-refractivity contribution in [1.82, 2.24) is 0 Å².